The smallest absolute Gasteiger partial charge is 0.0619 e. The second kappa shape index (κ2) is 12.5. The summed E-state index contributed by atoms with van der Waals surface area (Å²) in [5, 5.41) is 5.03. The third kappa shape index (κ3) is 4.79. The van der Waals surface area contributed by atoms with E-state index in [2.05, 4.69) is 226 Å². The van der Waals surface area contributed by atoms with Crippen LogP contribution in [0.2, 0.25) is 0 Å². The predicted molar refractivity (Wildman–Crippen MR) is 240 cm³/mol. The molecular formula is C54H35N3. The first kappa shape index (κ1) is 31.7. The van der Waals surface area contributed by atoms with E-state index in [1.165, 1.54) is 82.7 Å². The van der Waals surface area contributed by atoms with Gasteiger partial charge < -0.3 is 14.0 Å². The fourth-order valence-electron chi connectivity index (χ4n) is 9.33. The Morgan fingerprint density at radius 3 is 1.53 bits per heavy atom. The molecule has 0 radical (unpaired) electrons. The lowest BCUT2D eigenvalue weighted by atomic mass is 9.93. The Hall–Kier alpha value is -7.62. The first-order valence-electron chi connectivity index (χ1n) is 19.6. The molecule has 0 saturated carbocycles. The molecular weight excluding hydrogens is 691 g/mol. The van der Waals surface area contributed by atoms with Crippen LogP contribution in [0.3, 0.4) is 0 Å². The van der Waals surface area contributed by atoms with E-state index in [4.69, 9.17) is 0 Å². The zero-order valence-electron chi connectivity index (χ0n) is 31.0. The Morgan fingerprint density at radius 1 is 0.298 bits per heavy atom. The van der Waals surface area contributed by atoms with Crippen LogP contribution in [-0.2, 0) is 0 Å². The van der Waals surface area contributed by atoms with Gasteiger partial charge in [0.05, 0.1) is 27.8 Å². The molecule has 1 aliphatic rings. The number of rotatable bonds is 5. The van der Waals surface area contributed by atoms with Gasteiger partial charge in [0.15, 0.2) is 0 Å². The SMILES string of the molecule is c1ccc(-c2ccc(N(c3ccccc3)c3ccc(-n4c5ccccc5c5cc6c(cc54)-c4ccccc4-c4cccc5c7ccccc7n-6c45)cc3)cc2)cc1. The van der Waals surface area contributed by atoms with Gasteiger partial charge in [-0.2, -0.15) is 0 Å². The van der Waals surface area contributed by atoms with Gasteiger partial charge in [-0.1, -0.05) is 140 Å². The second-order valence-electron chi connectivity index (χ2n) is 14.9. The summed E-state index contributed by atoms with van der Waals surface area (Å²) in [5.74, 6) is 0. The Morgan fingerprint density at radius 2 is 0.807 bits per heavy atom. The summed E-state index contributed by atoms with van der Waals surface area (Å²) < 4.78 is 4.96. The van der Waals surface area contributed by atoms with Crippen molar-refractivity contribution in [2.75, 3.05) is 4.90 Å². The Balaban J connectivity index is 1.05. The molecule has 0 N–H and O–H groups in total. The lowest BCUT2D eigenvalue weighted by molar-refractivity contribution is 1.17. The second-order valence-corrected chi connectivity index (χ2v) is 14.9. The highest BCUT2D eigenvalue weighted by Crippen LogP contribution is 2.49. The van der Waals surface area contributed by atoms with Crippen molar-refractivity contribution >= 4 is 60.7 Å². The van der Waals surface area contributed by atoms with Crippen LogP contribution < -0.4 is 4.90 Å². The van der Waals surface area contributed by atoms with Crippen LogP contribution in [0.25, 0.3) is 88.4 Å². The number of fused-ring (bicyclic) bond motifs is 11. The predicted octanol–water partition coefficient (Wildman–Crippen LogP) is 14.7. The van der Waals surface area contributed by atoms with Crippen LogP contribution in [-0.4, -0.2) is 9.13 Å². The largest absolute Gasteiger partial charge is 0.311 e. The maximum Gasteiger partial charge on any atom is 0.0619 e. The van der Waals surface area contributed by atoms with Crippen molar-refractivity contribution in [2.45, 2.75) is 0 Å². The fraction of sp³-hybridized carbons (Fsp3) is 0. The highest BCUT2D eigenvalue weighted by atomic mass is 15.1. The molecule has 3 heterocycles. The van der Waals surface area contributed by atoms with Crippen LogP contribution >= 0.6 is 0 Å². The van der Waals surface area contributed by atoms with E-state index in [0.29, 0.717) is 0 Å². The molecule has 1 aliphatic heterocycles. The zero-order valence-corrected chi connectivity index (χ0v) is 31.0. The number of aromatic nitrogens is 2. The number of nitrogens with zero attached hydrogens (tertiary/aromatic N) is 3. The fourth-order valence-corrected chi connectivity index (χ4v) is 9.33. The Bertz CT molecular complexity index is 3320. The van der Waals surface area contributed by atoms with Crippen LogP contribution in [0, 0.1) is 0 Å². The summed E-state index contributed by atoms with van der Waals surface area (Å²) in [6.07, 6.45) is 0. The summed E-state index contributed by atoms with van der Waals surface area (Å²) in [5.41, 5.74) is 17.9. The molecule has 57 heavy (non-hydrogen) atoms. The van der Waals surface area contributed by atoms with Crippen LogP contribution in [0.4, 0.5) is 17.1 Å². The molecule has 3 nitrogen and oxygen atoms in total. The quantitative estimate of drug-likeness (QED) is 0.172. The molecule has 9 aromatic carbocycles. The van der Waals surface area contributed by atoms with Gasteiger partial charge in [0.2, 0.25) is 0 Å². The van der Waals surface area contributed by atoms with Crippen LogP contribution in [0.1, 0.15) is 0 Å². The molecule has 0 fully saturated rings. The molecule has 0 saturated heterocycles. The van der Waals surface area contributed by atoms with Crippen molar-refractivity contribution in [3.63, 3.8) is 0 Å². The van der Waals surface area contributed by atoms with E-state index in [1.807, 2.05) is 0 Å². The average Bonchev–Trinajstić information content (AvgIpc) is 3.75. The van der Waals surface area contributed by atoms with Gasteiger partial charge in [-0.25, -0.2) is 0 Å². The standard InChI is InChI=1S/C54H35N3/c1-3-14-36(15-4-1)37-26-28-39(29-27-37)55(38-16-5-2-6-17-38)40-30-32-41(33-31-40)56-50-24-11-10-21-45(50)49-35-53-48(34-52(49)56)43-19-8-7-18-42(43)46-22-13-23-47-44-20-9-12-25-51(44)57(53)54(46)47/h1-35H. The van der Waals surface area contributed by atoms with Gasteiger partial charge in [-0.05, 0) is 95.1 Å². The van der Waals surface area contributed by atoms with Gasteiger partial charge >= 0.3 is 0 Å². The van der Waals surface area contributed by atoms with Gasteiger partial charge in [-0.3, -0.25) is 0 Å². The van der Waals surface area contributed by atoms with Gasteiger partial charge in [0.1, 0.15) is 0 Å². The summed E-state index contributed by atoms with van der Waals surface area (Å²) in [6.45, 7) is 0. The summed E-state index contributed by atoms with van der Waals surface area (Å²) in [7, 11) is 0. The number of benzene rings is 9. The minimum atomic E-state index is 1.10. The molecule has 0 unspecified atom stereocenters. The lowest BCUT2D eigenvalue weighted by Gasteiger charge is -2.26. The topological polar surface area (TPSA) is 13.1 Å². The van der Waals surface area contributed by atoms with E-state index >= 15 is 0 Å². The van der Waals surface area contributed by atoms with Crippen molar-refractivity contribution in [3.05, 3.63) is 212 Å². The van der Waals surface area contributed by atoms with Crippen molar-refractivity contribution < 1.29 is 0 Å². The average molecular weight is 726 g/mol. The van der Waals surface area contributed by atoms with E-state index in [-0.39, 0.29) is 0 Å². The highest BCUT2D eigenvalue weighted by Gasteiger charge is 2.26. The third-order valence-electron chi connectivity index (χ3n) is 11.8. The maximum absolute atomic E-state index is 2.51. The molecule has 0 bridgehead atoms. The van der Waals surface area contributed by atoms with Crippen LogP contribution in [0.5, 0.6) is 0 Å². The third-order valence-corrected chi connectivity index (χ3v) is 11.8. The van der Waals surface area contributed by atoms with Crippen LogP contribution in [0.15, 0.2) is 212 Å². The highest BCUT2D eigenvalue weighted by molar-refractivity contribution is 6.18. The number of para-hydroxylation sites is 4. The maximum atomic E-state index is 2.51. The van der Waals surface area contributed by atoms with Gasteiger partial charge in [0.25, 0.3) is 0 Å². The molecule has 2 aromatic heterocycles. The van der Waals surface area contributed by atoms with E-state index in [1.54, 1.807) is 0 Å². The molecule has 12 rings (SSSR count). The molecule has 0 amide bonds. The first-order valence-corrected chi connectivity index (χ1v) is 19.6. The normalized spacial score (nSPS) is 11.9. The van der Waals surface area contributed by atoms with E-state index in [0.717, 1.165) is 22.7 Å². The number of hydrogen-bond donors (Lipinski definition) is 0. The van der Waals surface area contributed by atoms with Crippen molar-refractivity contribution in [1.82, 2.24) is 9.13 Å². The van der Waals surface area contributed by atoms with Gasteiger partial charge in [-0.15, -0.1) is 0 Å². The first-order chi connectivity index (χ1) is 28.3. The molecule has 11 aromatic rings. The molecule has 3 heteroatoms. The Kier molecular flexibility index (Phi) is 6.93. The molecule has 0 atom stereocenters. The minimum Gasteiger partial charge on any atom is -0.311 e. The Labute approximate surface area is 330 Å². The lowest BCUT2D eigenvalue weighted by Crippen LogP contribution is -2.10. The molecule has 266 valence electrons. The summed E-state index contributed by atoms with van der Waals surface area (Å²) >= 11 is 0. The monoisotopic (exact) mass is 725 g/mol. The van der Waals surface area contributed by atoms with Gasteiger partial charge in [0, 0.05) is 55.4 Å². The summed E-state index contributed by atoms with van der Waals surface area (Å²) in [4.78, 5) is 2.33. The molecule has 0 spiro atoms. The van der Waals surface area contributed by atoms with E-state index in [9.17, 15) is 0 Å². The molecule has 0 aliphatic carbocycles. The van der Waals surface area contributed by atoms with Crippen molar-refractivity contribution in [2.24, 2.45) is 0 Å². The number of hydrogen-bond acceptors (Lipinski definition) is 1. The zero-order chi connectivity index (χ0) is 37.5. The van der Waals surface area contributed by atoms with E-state index < -0.39 is 0 Å². The minimum absolute atomic E-state index is 1.10. The number of anilines is 3. The van der Waals surface area contributed by atoms with Crippen molar-refractivity contribution in [3.8, 4) is 44.8 Å². The van der Waals surface area contributed by atoms with Crippen molar-refractivity contribution in [1.29, 1.82) is 0 Å². The summed E-state index contributed by atoms with van der Waals surface area (Å²) in [6, 6.07) is 77.4.